The van der Waals surface area contributed by atoms with Gasteiger partial charge in [0, 0.05) is 17.4 Å². The number of hydrogen-bond donors (Lipinski definition) is 1. The second kappa shape index (κ2) is 5.38. The second-order valence-corrected chi connectivity index (χ2v) is 5.95. The molecule has 102 valence electrons. The van der Waals surface area contributed by atoms with Crippen molar-refractivity contribution in [3.8, 4) is 0 Å². The van der Waals surface area contributed by atoms with Crippen LogP contribution in [-0.4, -0.2) is 16.2 Å². The van der Waals surface area contributed by atoms with E-state index < -0.39 is 0 Å². The number of nitrogens with one attached hydrogen (secondary N) is 1. The molecule has 0 fully saturated rings. The summed E-state index contributed by atoms with van der Waals surface area (Å²) in [6, 6.07) is 5.10. The molecule has 0 saturated heterocycles. The molecule has 3 rings (SSSR count). The van der Waals surface area contributed by atoms with Crippen LogP contribution in [0.4, 0.5) is 15.8 Å². The van der Waals surface area contributed by atoms with Gasteiger partial charge in [-0.3, -0.25) is 0 Å². The van der Waals surface area contributed by atoms with E-state index in [2.05, 4.69) is 15.3 Å². The first-order valence-electron chi connectivity index (χ1n) is 5.98. The van der Waals surface area contributed by atoms with Gasteiger partial charge in [-0.1, -0.05) is 0 Å². The van der Waals surface area contributed by atoms with Crippen LogP contribution < -0.4 is 5.32 Å². The molecule has 0 radical (unpaired) electrons. The van der Waals surface area contributed by atoms with Gasteiger partial charge < -0.3 is 5.32 Å². The van der Waals surface area contributed by atoms with Crippen LogP contribution in [0, 0.1) is 12.7 Å². The Morgan fingerprint density at radius 2 is 2.10 bits per heavy atom. The summed E-state index contributed by atoms with van der Waals surface area (Å²) in [5.74, 6) is -0.274. The van der Waals surface area contributed by atoms with Crippen LogP contribution in [0.2, 0.25) is 0 Å². The van der Waals surface area contributed by atoms with Gasteiger partial charge in [-0.2, -0.15) is 0 Å². The van der Waals surface area contributed by atoms with Crippen molar-refractivity contribution in [3.63, 3.8) is 0 Å². The molecular formula is C14H12FN3S2. The highest BCUT2D eigenvalue weighted by Crippen LogP contribution is 2.30. The summed E-state index contributed by atoms with van der Waals surface area (Å²) in [7, 11) is 0. The van der Waals surface area contributed by atoms with E-state index in [1.165, 1.54) is 17.4 Å². The molecular weight excluding hydrogens is 293 g/mol. The number of aromatic nitrogens is 2. The molecule has 20 heavy (non-hydrogen) atoms. The lowest BCUT2D eigenvalue weighted by atomic mass is 10.2. The molecule has 0 amide bonds. The van der Waals surface area contributed by atoms with E-state index in [4.69, 9.17) is 0 Å². The minimum absolute atomic E-state index is 0.274. The van der Waals surface area contributed by atoms with Crippen LogP contribution in [0.25, 0.3) is 10.2 Å². The highest BCUT2D eigenvalue weighted by atomic mass is 32.2. The number of fused-ring (bicyclic) bond motifs is 1. The van der Waals surface area contributed by atoms with Crippen molar-refractivity contribution in [1.82, 2.24) is 9.97 Å². The summed E-state index contributed by atoms with van der Waals surface area (Å²) in [5, 5.41) is 4.07. The molecule has 0 saturated carbocycles. The molecule has 0 atom stereocenters. The summed E-state index contributed by atoms with van der Waals surface area (Å²) in [5.41, 5.74) is 4.83. The third-order valence-electron chi connectivity index (χ3n) is 3.04. The van der Waals surface area contributed by atoms with Gasteiger partial charge in [-0.05, 0) is 31.4 Å². The fraction of sp³-hybridized carbons (Fsp3) is 0.143. The SMILES string of the molecule is CSc1nccc(Nc2cc3ncsc3cc2F)c1C. The van der Waals surface area contributed by atoms with Crippen molar-refractivity contribution in [2.24, 2.45) is 0 Å². The van der Waals surface area contributed by atoms with Crippen molar-refractivity contribution in [1.29, 1.82) is 0 Å². The molecule has 1 aromatic carbocycles. The first-order chi connectivity index (χ1) is 9.69. The predicted molar refractivity (Wildman–Crippen MR) is 83.6 cm³/mol. The van der Waals surface area contributed by atoms with E-state index in [-0.39, 0.29) is 5.82 Å². The predicted octanol–water partition coefficient (Wildman–Crippen LogP) is 4.60. The number of pyridine rings is 1. The van der Waals surface area contributed by atoms with Gasteiger partial charge in [-0.25, -0.2) is 14.4 Å². The number of thioether (sulfide) groups is 1. The number of nitrogens with zero attached hydrogens (tertiary/aromatic N) is 2. The molecule has 0 aliphatic heterocycles. The summed E-state index contributed by atoms with van der Waals surface area (Å²) in [4.78, 5) is 8.50. The zero-order valence-electron chi connectivity index (χ0n) is 11.0. The van der Waals surface area contributed by atoms with E-state index in [1.807, 2.05) is 19.2 Å². The van der Waals surface area contributed by atoms with Crippen molar-refractivity contribution in [2.45, 2.75) is 11.9 Å². The lowest BCUT2D eigenvalue weighted by Gasteiger charge is -2.12. The molecule has 3 nitrogen and oxygen atoms in total. The van der Waals surface area contributed by atoms with E-state index >= 15 is 0 Å². The monoisotopic (exact) mass is 305 g/mol. The Morgan fingerprint density at radius 3 is 2.90 bits per heavy atom. The highest BCUT2D eigenvalue weighted by molar-refractivity contribution is 7.98. The van der Waals surface area contributed by atoms with Gasteiger partial charge in [-0.15, -0.1) is 23.1 Å². The van der Waals surface area contributed by atoms with E-state index in [9.17, 15) is 4.39 Å². The smallest absolute Gasteiger partial charge is 0.148 e. The summed E-state index contributed by atoms with van der Waals surface area (Å²) in [6.07, 6.45) is 3.70. The molecule has 2 heterocycles. The summed E-state index contributed by atoms with van der Waals surface area (Å²) >= 11 is 3.01. The largest absolute Gasteiger partial charge is 0.353 e. The van der Waals surface area contributed by atoms with Crippen molar-refractivity contribution < 1.29 is 4.39 Å². The quantitative estimate of drug-likeness (QED) is 0.717. The van der Waals surface area contributed by atoms with Crippen LogP contribution in [0.1, 0.15) is 5.56 Å². The van der Waals surface area contributed by atoms with Crippen LogP contribution in [0.3, 0.4) is 0 Å². The Labute approximate surface area is 124 Å². The molecule has 2 aromatic heterocycles. The topological polar surface area (TPSA) is 37.8 Å². The molecule has 3 aromatic rings. The van der Waals surface area contributed by atoms with Crippen molar-refractivity contribution >= 4 is 44.7 Å². The molecule has 1 N–H and O–H groups in total. The first kappa shape index (κ1) is 13.3. The average Bonchev–Trinajstić information content (AvgIpc) is 2.88. The number of hydrogen-bond acceptors (Lipinski definition) is 5. The molecule has 6 heteroatoms. The summed E-state index contributed by atoms with van der Waals surface area (Å²) in [6.45, 7) is 1.97. The number of benzene rings is 1. The fourth-order valence-corrected chi connectivity index (χ4v) is 3.24. The lowest BCUT2D eigenvalue weighted by Crippen LogP contribution is -1.98. The number of thiazole rings is 1. The van der Waals surface area contributed by atoms with Gasteiger partial charge >= 0.3 is 0 Å². The van der Waals surface area contributed by atoms with E-state index in [1.54, 1.807) is 29.5 Å². The number of rotatable bonds is 3. The van der Waals surface area contributed by atoms with Crippen LogP contribution in [0.15, 0.2) is 34.9 Å². The normalized spacial score (nSPS) is 10.9. The van der Waals surface area contributed by atoms with E-state index in [0.29, 0.717) is 5.69 Å². The van der Waals surface area contributed by atoms with Gasteiger partial charge in [0.25, 0.3) is 0 Å². The number of anilines is 2. The van der Waals surface area contributed by atoms with Crippen LogP contribution >= 0.6 is 23.1 Å². The Hall–Kier alpha value is -1.66. The minimum atomic E-state index is -0.274. The third kappa shape index (κ3) is 2.36. The summed E-state index contributed by atoms with van der Waals surface area (Å²) < 4.78 is 14.9. The average molecular weight is 305 g/mol. The third-order valence-corrected chi connectivity index (χ3v) is 4.63. The zero-order chi connectivity index (χ0) is 14.1. The Kier molecular flexibility index (Phi) is 3.58. The van der Waals surface area contributed by atoms with Crippen molar-refractivity contribution in [3.05, 3.63) is 41.3 Å². The minimum Gasteiger partial charge on any atom is -0.353 e. The molecule has 0 unspecified atom stereocenters. The van der Waals surface area contributed by atoms with Crippen LogP contribution in [-0.2, 0) is 0 Å². The van der Waals surface area contributed by atoms with Crippen molar-refractivity contribution in [2.75, 3.05) is 11.6 Å². The first-order valence-corrected chi connectivity index (χ1v) is 8.09. The standard InChI is InChI=1S/C14H12FN3S2/c1-8-10(3-4-16-14(8)19-2)18-11-6-12-13(5-9(11)15)20-7-17-12/h3-7H,1-2H3,(H,16,18). The Balaban J connectivity index is 2.02. The van der Waals surface area contributed by atoms with Gasteiger partial charge in [0.15, 0.2) is 0 Å². The second-order valence-electron chi connectivity index (χ2n) is 4.27. The Morgan fingerprint density at radius 1 is 1.25 bits per heavy atom. The molecule has 0 spiro atoms. The molecule has 0 aliphatic carbocycles. The molecule has 0 bridgehead atoms. The van der Waals surface area contributed by atoms with E-state index in [0.717, 1.165) is 26.5 Å². The molecule has 0 aliphatic rings. The zero-order valence-corrected chi connectivity index (χ0v) is 12.6. The van der Waals surface area contributed by atoms with Crippen LogP contribution in [0.5, 0.6) is 0 Å². The highest BCUT2D eigenvalue weighted by Gasteiger charge is 2.10. The maximum Gasteiger partial charge on any atom is 0.148 e. The lowest BCUT2D eigenvalue weighted by molar-refractivity contribution is 0.634. The maximum atomic E-state index is 14.1. The van der Waals surface area contributed by atoms with Gasteiger partial charge in [0.2, 0.25) is 0 Å². The van der Waals surface area contributed by atoms with Gasteiger partial charge in [0.1, 0.15) is 10.8 Å². The maximum absolute atomic E-state index is 14.1. The number of halogens is 1. The Bertz CT molecular complexity index is 770. The fourth-order valence-electron chi connectivity index (χ4n) is 1.98. The van der Waals surface area contributed by atoms with Gasteiger partial charge in [0.05, 0.1) is 21.4 Å².